The number of piperidine rings is 1. The van der Waals surface area contributed by atoms with Crippen LogP contribution in [0.15, 0.2) is 54.6 Å². The van der Waals surface area contributed by atoms with Crippen LogP contribution in [0.5, 0.6) is 0 Å². The lowest BCUT2D eigenvalue weighted by molar-refractivity contribution is -0.120. The zero-order chi connectivity index (χ0) is 15.9. The zero-order valence-corrected chi connectivity index (χ0v) is 13.3. The summed E-state index contributed by atoms with van der Waals surface area (Å²) in [7, 11) is 0. The average Bonchev–Trinajstić information content (AvgIpc) is 2.55. The van der Waals surface area contributed by atoms with E-state index >= 15 is 0 Å². The summed E-state index contributed by atoms with van der Waals surface area (Å²) < 4.78 is 0. The molecule has 1 unspecified atom stereocenters. The Hall–Kier alpha value is -2.13. The van der Waals surface area contributed by atoms with E-state index in [1.54, 1.807) is 4.90 Å². The highest BCUT2D eigenvalue weighted by Gasteiger charge is 2.26. The van der Waals surface area contributed by atoms with Gasteiger partial charge >= 0.3 is 0 Å². The molecule has 1 aliphatic heterocycles. The fraction of sp³-hybridized carbons (Fsp3) is 0.316. The summed E-state index contributed by atoms with van der Waals surface area (Å²) in [5.41, 5.74) is 9.08. The summed E-state index contributed by atoms with van der Waals surface area (Å²) in [6.45, 7) is 4.77. The molecule has 1 aliphatic rings. The molecule has 3 nitrogen and oxygen atoms in total. The topological polar surface area (TPSA) is 46.3 Å². The molecule has 0 bridgehead atoms. The molecule has 1 aromatic rings. The van der Waals surface area contributed by atoms with E-state index in [2.05, 4.69) is 24.3 Å². The van der Waals surface area contributed by atoms with E-state index < -0.39 is 0 Å². The maximum atomic E-state index is 12.1. The van der Waals surface area contributed by atoms with Gasteiger partial charge in [-0.2, -0.15) is 0 Å². The second-order valence-electron chi connectivity index (χ2n) is 5.41. The zero-order valence-electron chi connectivity index (χ0n) is 13.3. The van der Waals surface area contributed by atoms with Crippen LogP contribution in [0.3, 0.4) is 0 Å². The van der Waals surface area contributed by atoms with Gasteiger partial charge < -0.3 is 10.6 Å². The van der Waals surface area contributed by atoms with Gasteiger partial charge in [0.15, 0.2) is 0 Å². The SMILES string of the molecule is C\C=C/C=C\C(=C/C)c1ccc(N2CCCC(N)C2=O)cc1. The first-order chi connectivity index (χ1) is 10.7. The molecule has 22 heavy (non-hydrogen) atoms. The van der Waals surface area contributed by atoms with Gasteiger partial charge in [-0.3, -0.25) is 4.79 Å². The van der Waals surface area contributed by atoms with E-state index in [9.17, 15) is 4.79 Å². The van der Waals surface area contributed by atoms with Gasteiger partial charge in [0.05, 0.1) is 6.04 Å². The van der Waals surface area contributed by atoms with E-state index in [-0.39, 0.29) is 11.9 Å². The van der Waals surface area contributed by atoms with Crippen LogP contribution < -0.4 is 10.6 Å². The number of carbonyl (C=O) groups is 1. The molecule has 1 aromatic carbocycles. The Morgan fingerprint density at radius 1 is 1.23 bits per heavy atom. The van der Waals surface area contributed by atoms with Crippen LogP contribution in [0.1, 0.15) is 32.3 Å². The van der Waals surface area contributed by atoms with Crippen LogP contribution in [-0.4, -0.2) is 18.5 Å². The largest absolute Gasteiger partial charge is 0.320 e. The standard InChI is InChI=1S/C19H24N2O/c1-3-5-6-8-15(4-2)16-10-12-17(13-11-16)21-14-7-9-18(20)19(21)22/h3-6,8,10-13,18H,7,9,14,20H2,1-2H3/b5-3-,8-6-,15-4+. The molecule has 1 amide bonds. The van der Waals surface area contributed by atoms with Crippen LogP contribution in [0, 0.1) is 0 Å². The van der Waals surface area contributed by atoms with Gasteiger partial charge in [-0.15, -0.1) is 0 Å². The molecular weight excluding hydrogens is 272 g/mol. The lowest BCUT2D eigenvalue weighted by Crippen LogP contribution is -2.48. The number of allylic oxidation sites excluding steroid dienone is 6. The molecule has 1 saturated heterocycles. The van der Waals surface area contributed by atoms with Crippen LogP contribution in [0.4, 0.5) is 5.69 Å². The first kappa shape index (κ1) is 16.2. The van der Waals surface area contributed by atoms with Crippen molar-refractivity contribution < 1.29 is 4.79 Å². The van der Waals surface area contributed by atoms with Gasteiger partial charge in [-0.25, -0.2) is 0 Å². The number of nitrogens with two attached hydrogens (primary N) is 1. The minimum atomic E-state index is -0.358. The van der Waals surface area contributed by atoms with Gasteiger partial charge in [0, 0.05) is 12.2 Å². The van der Waals surface area contributed by atoms with Crippen LogP contribution in [0.25, 0.3) is 5.57 Å². The van der Waals surface area contributed by atoms with E-state index in [0.29, 0.717) is 0 Å². The van der Waals surface area contributed by atoms with E-state index in [0.717, 1.165) is 36.2 Å². The molecule has 0 spiro atoms. The summed E-state index contributed by atoms with van der Waals surface area (Å²) in [6.07, 6.45) is 11.9. The predicted molar refractivity (Wildman–Crippen MR) is 93.6 cm³/mol. The molecular formula is C19H24N2O. The molecule has 1 atom stereocenters. The number of hydrogen-bond donors (Lipinski definition) is 1. The molecule has 2 N–H and O–H groups in total. The van der Waals surface area contributed by atoms with Crippen molar-refractivity contribution in [3.63, 3.8) is 0 Å². The van der Waals surface area contributed by atoms with Crippen molar-refractivity contribution >= 4 is 17.2 Å². The maximum Gasteiger partial charge on any atom is 0.243 e. The van der Waals surface area contributed by atoms with Gasteiger partial charge in [0.1, 0.15) is 0 Å². The van der Waals surface area contributed by atoms with Crippen molar-refractivity contribution in [3.8, 4) is 0 Å². The Labute approximate surface area is 132 Å². The Balaban J connectivity index is 2.17. The van der Waals surface area contributed by atoms with Gasteiger partial charge in [-0.05, 0) is 50.0 Å². The molecule has 1 fully saturated rings. The maximum absolute atomic E-state index is 12.1. The minimum Gasteiger partial charge on any atom is -0.320 e. The lowest BCUT2D eigenvalue weighted by atomic mass is 10.0. The highest BCUT2D eigenvalue weighted by molar-refractivity contribution is 5.97. The van der Waals surface area contributed by atoms with Crippen LogP contribution >= 0.6 is 0 Å². The third-order valence-electron chi connectivity index (χ3n) is 3.88. The Bertz CT molecular complexity index is 596. The normalized spacial score (nSPS) is 20.3. The van der Waals surface area contributed by atoms with Crippen molar-refractivity contribution in [2.45, 2.75) is 32.7 Å². The average molecular weight is 296 g/mol. The summed E-state index contributed by atoms with van der Waals surface area (Å²) >= 11 is 0. The fourth-order valence-electron chi connectivity index (χ4n) is 2.62. The number of rotatable bonds is 4. The smallest absolute Gasteiger partial charge is 0.243 e. The monoisotopic (exact) mass is 296 g/mol. The van der Waals surface area contributed by atoms with Crippen molar-refractivity contribution in [1.82, 2.24) is 0 Å². The third-order valence-corrected chi connectivity index (χ3v) is 3.88. The van der Waals surface area contributed by atoms with Gasteiger partial charge in [-0.1, -0.05) is 42.5 Å². The molecule has 2 rings (SSSR count). The number of carbonyl (C=O) groups excluding carboxylic acids is 1. The first-order valence-electron chi connectivity index (χ1n) is 7.80. The molecule has 0 saturated carbocycles. The van der Waals surface area contributed by atoms with Crippen LogP contribution in [0.2, 0.25) is 0 Å². The Kier molecular flexibility index (Phi) is 5.73. The van der Waals surface area contributed by atoms with Crippen molar-refractivity contribution in [2.24, 2.45) is 5.73 Å². The highest BCUT2D eigenvalue weighted by Crippen LogP contribution is 2.24. The molecule has 0 aromatic heterocycles. The van der Waals surface area contributed by atoms with Gasteiger partial charge in [0.2, 0.25) is 5.91 Å². The second kappa shape index (κ2) is 7.76. The quantitative estimate of drug-likeness (QED) is 0.862. The molecule has 3 heteroatoms. The number of anilines is 1. The van der Waals surface area contributed by atoms with Crippen molar-refractivity contribution in [1.29, 1.82) is 0 Å². The van der Waals surface area contributed by atoms with Crippen LogP contribution in [-0.2, 0) is 4.79 Å². The molecule has 116 valence electrons. The fourth-order valence-corrected chi connectivity index (χ4v) is 2.62. The Morgan fingerprint density at radius 3 is 2.59 bits per heavy atom. The van der Waals surface area contributed by atoms with E-state index in [1.165, 1.54) is 0 Å². The third kappa shape index (κ3) is 3.74. The number of nitrogens with zero attached hydrogens (tertiary/aromatic N) is 1. The second-order valence-corrected chi connectivity index (χ2v) is 5.41. The molecule has 0 aliphatic carbocycles. The Morgan fingerprint density at radius 2 is 1.95 bits per heavy atom. The van der Waals surface area contributed by atoms with E-state index in [4.69, 9.17) is 5.73 Å². The first-order valence-corrected chi connectivity index (χ1v) is 7.80. The van der Waals surface area contributed by atoms with Gasteiger partial charge in [0.25, 0.3) is 0 Å². The predicted octanol–water partition coefficient (Wildman–Crippen LogP) is 3.68. The number of hydrogen-bond acceptors (Lipinski definition) is 2. The summed E-state index contributed by atoms with van der Waals surface area (Å²) in [5, 5.41) is 0. The lowest BCUT2D eigenvalue weighted by Gasteiger charge is -2.30. The summed E-state index contributed by atoms with van der Waals surface area (Å²) in [5.74, 6) is 0.0261. The summed E-state index contributed by atoms with van der Waals surface area (Å²) in [4.78, 5) is 13.9. The van der Waals surface area contributed by atoms with Crippen molar-refractivity contribution in [2.75, 3.05) is 11.4 Å². The van der Waals surface area contributed by atoms with E-state index in [1.807, 2.05) is 44.2 Å². The highest BCUT2D eigenvalue weighted by atomic mass is 16.2. The van der Waals surface area contributed by atoms with Crippen molar-refractivity contribution in [3.05, 3.63) is 60.2 Å². The molecule has 1 heterocycles. The molecule has 0 radical (unpaired) electrons. The minimum absolute atomic E-state index is 0.0261. The number of benzene rings is 1. The summed E-state index contributed by atoms with van der Waals surface area (Å²) in [6, 6.07) is 7.75. The number of amides is 1.